The molecule has 3 saturated heterocycles. The number of hydrogen-bond donors (Lipinski definition) is 8. The van der Waals surface area contributed by atoms with Crippen LogP contribution in [0.15, 0.2) is 84.9 Å². The molecule has 20 heteroatoms. The Hall–Kier alpha value is -5.07. The van der Waals surface area contributed by atoms with E-state index >= 15 is 0 Å². The summed E-state index contributed by atoms with van der Waals surface area (Å²) in [6.07, 6.45) is -19.0. The highest BCUT2D eigenvalue weighted by molar-refractivity contribution is 5.90. The lowest BCUT2D eigenvalue weighted by molar-refractivity contribution is -0.383. The van der Waals surface area contributed by atoms with Crippen LogP contribution in [0.2, 0.25) is 0 Å². The van der Waals surface area contributed by atoms with E-state index in [1.54, 1.807) is 36.4 Å². The smallest absolute Gasteiger partial charge is 0.338 e. The highest BCUT2D eigenvalue weighted by Crippen LogP contribution is 2.39. The molecule has 14 unspecified atom stereocenters. The second-order valence-electron chi connectivity index (χ2n) is 14.5. The lowest BCUT2D eigenvalue weighted by atomic mass is 9.98. The summed E-state index contributed by atoms with van der Waals surface area (Å²) in [4.78, 5) is 39.2. The van der Waals surface area contributed by atoms with Crippen molar-refractivity contribution in [3.63, 3.8) is 0 Å². The van der Waals surface area contributed by atoms with E-state index in [4.69, 9.17) is 42.6 Å². The third kappa shape index (κ3) is 10.2. The molecule has 3 aromatic carbocycles. The third-order valence-corrected chi connectivity index (χ3v) is 10.4. The van der Waals surface area contributed by atoms with Crippen LogP contribution in [0.25, 0.3) is 6.08 Å². The van der Waals surface area contributed by atoms with Gasteiger partial charge in [0.05, 0.1) is 30.9 Å². The Morgan fingerprint density at radius 1 is 0.710 bits per heavy atom. The van der Waals surface area contributed by atoms with E-state index in [-0.39, 0.29) is 22.6 Å². The highest BCUT2D eigenvalue weighted by Gasteiger charge is 2.61. The fourth-order valence-corrected chi connectivity index (χ4v) is 6.92. The van der Waals surface area contributed by atoms with E-state index in [1.165, 1.54) is 62.6 Å². The predicted molar refractivity (Wildman–Crippen MR) is 207 cm³/mol. The average molecular weight is 873 g/mol. The van der Waals surface area contributed by atoms with Gasteiger partial charge in [0.25, 0.3) is 0 Å². The molecule has 62 heavy (non-hydrogen) atoms. The fourth-order valence-electron chi connectivity index (χ4n) is 6.92. The maximum Gasteiger partial charge on any atom is 0.338 e. The van der Waals surface area contributed by atoms with Gasteiger partial charge in [-0.1, -0.05) is 42.5 Å². The van der Waals surface area contributed by atoms with Crippen molar-refractivity contribution in [2.45, 2.75) is 92.4 Å². The molecule has 0 aromatic heterocycles. The van der Waals surface area contributed by atoms with Crippen LogP contribution < -0.4 is 9.47 Å². The minimum absolute atomic E-state index is 0.0766. The maximum absolute atomic E-state index is 13.3. The number of methoxy groups -OCH3 is 1. The molecule has 0 spiro atoms. The van der Waals surface area contributed by atoms with Gasteiger partial charge in [-0.25, -0.2) is 14.4 Å². The van der Waals surface area contributed by atoms with Crippen LogP contribution in [0, 0.1) is 0 Å². The first-order valence-electron chi connectivity index (χ1n) is 19.4. The Morgan fingerprint density at radius 3 is 1.98 bits per heavy atom. The van der Waals surface area contributed by atoms with Gasteiger partial charge >= 0.3 is 17.9 Å². The van der Waals surface area contributed by atoms with Gasteiger partial charge in [-0.05, 0) is 55.0 Å². The second kappa shape index (κ2) is 20.4. The number of benzene rings is 3. The van der Waals surface area contributed by atoms with Crippen molar-refractivity contribution in [1.82, 2.24) is 0 Å². The van der Waals surface area contributed by atoms with Crippen LogP contribution in [0.3, 0.4) is 0 Å². The Labute approximate surface area is 353 Å². The van der Waals surface area contributed by atoms with E-state index in [0.29, 0.717) is 5.56 Å². The average Bonchev–Trinajstić information content (AvgIpc) is 3.55. The van der Waals surface area contributed by atoms with E-state index in [9.17, 15) is 55.2 Å². The van der Waals surface area contributed by atoms with Gasteiger partial charge in [0.1, 0.15) is 62.0 Å². The first-order chi connectivity index (χ1) is 29.7. The normalized spacial score (nSPS) is 33.4. The molecule has 0 aliphatic carbocycles. The number of carbonyl (C=O) groups is 3. The monoisotopic (exact) mass is 872 g/mol. The molecule has 0 bridgehead atoms. The molecule has 14 atom stereocenters. The van der Waals surface area contributed by atoms with Crippen molar-refractivity contribution in [2.75, 3.05) is 26.9 Å². The summed E-state index contributed by atoms with van der Waals surface area (Å²) >= 11 is 0. The van der Waals surface area contributed by atoms with Crippen molar-refractivity contribution in [1.29, 1.82) is 0 Å². The van der Waals surface area contributed by atoms with Crippen LogP contribution in [0.5, 0.6) is 11.5 Å². The number of esters is 3. The largest absolute Gasteiger partial charge is 0.493 e. The van der Waals surface area contributed by atoms with Gasteiger partial charge in [0.2, 0.25) is 12.1 Å². The first-order valence-corrected chi connectivity index (χ1v) is 19.4. The number of hydrogen-bond acceptors (Lipinski definition) is 20. The second-order valence-corrected chi connectivity index (χ2v) is 14.5. The standard InChI is InChI=1S/C42H48O20/c1-21-30(46)32(48)34(50)40(56-21)57-25-15-13-22(17-26(25)54-2)14-16-29(45)59-37-31(47)27(18-43)61-42(37,20-44)62-41-35(51)33(49)36(60-39(53)24-11-7-4-8-12-24)28(58-41)19-55-38(52)23-9-5-3-6-10-23/h3-17,21,27-28,30-37,40-41,43-44,46-51H,18-20H2,1-2H3. The zero-order valence-electron chi connectivity index (χ0n) is 33.3. The summed E-state index contributed by atoms with van der Waals surface area (Å²) in [7, 11) is 1.32. The number of ether oxygens (including phenoxy) is 9. The third-order valence-electron chi connectivity index (χ3n) is 10.4. The zero-order chi connectivity index (χ0) is 44.7. The number of rotatable bonds is 15. The predicted octanol–water partition coefficient (Wildman–Crippen LogP) is -1.19. The molecule has 0 saturated carbocycles. The molecule has 3 heterocycles. The van der Waals surface area contributed by atoms with E-state index in [1.807, 2.05) is 0 Å². The van der Waals surface area contributed by atoms with Gasteiger partial charge in [0, 0.05) is 6.08 Å². The topological polar surface area (TPSA) is 296 Å². The molecular weight excluding hydrogens is 824 g/mol. The molecule has 336 valence electrons. The van der Waals surface area contributed by atoms with Gasteiger partial charge < -0.3 is 83.5 Å². The molecule has 6 rings (SSSR count). The summed E-state index contributed by atoms with van der Waals surface area (Å²) in [5, 5.41) is 84.9. The molecule has 3 aliphatic heterocycles. The Bertz CT molecular complexity index is 2000. The van der Waals surface area contributed by atoms with E-state index in [2.05, 4.69) is 0 Å². The van der Waals surface area contributed by atoms with Crippen molar-refractivity contribution in [3.05, 3.63) is 102 Å². The SMILES string of the molecule is COc1cc(C=CC(=O)OC2C(O)C(CO)OC2(CO)OC2OC(COC(=O)c3ccccc3)C(OC(=O)c3ccccc3)C(O)C2O)ccc1OC1OC(C)C(O)C(O)C1O. The summed E-state index contributed by atoms with van der Waals surface area (Å²) < 4.78 is 50.5. The van der Waals surface area contributed by atoms with Crippen LogP contribution in [0.4, 0.5) is 0 Å². The minimum Gasteiger partial charge on any atom is -0.493 e. The quantitative estimate of drug-likeness (QED) is 0.0506. The summed E-state index contributed by atoms with van der Waals surface area (Å²) in [5.41, 5.74) is 0.587. The number of aliphatic hydroxyl groups excluding tert-OH is 8. The zero-order valence-corrected chi connectivity index (χ0v) is 33.3. The first kappa shape index (κ1) is 46.4. The van der Waals surface area contributed by atoms with Gasteiger partial charge in [-0.3, -0.25) is 0 Å². The lowest BCUT2D eigenvalue weighted by Gasteiger charge is -2.44. The number of aliphatic hydroxyl groups is 8. The lowest BCUT2D eigenvalue weighted by Crippen LogP contribution is -2.64. The van der Waals surface area contributed by atoms with Crippen LogP contribution >= 0.6 is 0 Å². The highest BCUT2D eigenvalue weighted by atomic mass is 16.8. The Morgan fingerprint density at radius 2 is 1.35 bits per heavy atom. The molecule has 0 amide bonds. The van der Waals surface area contributed by atoms with Crippen LogP contribution in [-0.4, -0.2) is 171 Å². The summed E-state index contributed by atoms with van der Waals surface area (Å²) in [6.45, 7) is -1.22. The molecule has 8 N–H and O–H groups in total. The summed E-state index contributed by atoms with van der Waals surface area (Å²) in [6, 6.07) is 19.8. The molecule has 0 radical (unpaired) electrons. The van der Waals surface area contributed by atoms with E-state index < -0.39 is 123 Å². The Balaban J connectivity index is 1.18. The molecule has 3 aliphatic rings. The van der Waals surface area contributed by atoms with Crippen LogP contribution in [0.1, 0.15) is 33.2 Å². The number of carbonyl (C=O) groups excluding carboxylic acids is 3. The Kier molecular flexibility index (Phi) is 15.3. The molecule has 3 aromatic rings. The minimum atomic E-state index is -2.56. The van der Waals surface area contributed by atoms with Gasteiger partial charge in [0.15, 0.2) is 30.0 Å². The molecule has 3 fully saturated rings. The van der Waals surface area contributed by atoms with Crippen molar-refractivity contribution < 1.29 is 97.9 Å². The maximum atomic E-state index is 13.3. The van der Waals surface area contributed by atoms with Crippen molar-refractivity contribution in [2.24, 2.45) is 0 Å². The van der Waals surface area contributed by atoms with Crippen molar-refractivity contribution in [3.8, 4) is 11.5 Å². The molecule has 20 nitrogen and oxygen atoms in total. The van der Waals surface area contributed by atoms with Crippen LogP contribution in [-0.2, 0) is 38.0 Å². The van der Waals surface area contributed by atoms with E-state index in [0.717, 1.165) is 6.08 Å². The fraction of sp³-hybridized carbons (Fsp3) is 0.452. The summed E-state index contributed by atoms with van der Waals surface area (Å²) in [5.74, 6) is -5.23. The van der Waals surface area contributed by atoms with Gasteiger partial charge in [-0.2, -0.15) is 0 Å². The van der Waals surface area contributed by atoms with Crippen molar-refractivity contribution >= 4 is 24.0 Å². The van der Waals surface area contributed by atoms with Gasteiger partial charge in [-0.15, -0.1) is 0 Å². The molecular formula is C42H48O20.